The van der Waals surface area contributed by atoms with Crippen molar-refractivity contribution in [3.63, 3.8) is 0 Å². The smallest absolute Gasteiger partial charge is 0.311 e. The van der Waals surface area contributed by atoms with Crippen molar-refractivity contribution in [2.24, 2.45) is 15.8 Å². The molecule has 102 valence electrons. The molecule has 0 radical (unpaired) electrons. The average molecular weight is 268 g/mol. The molecule has 0 spiro atoms. The number of esters is 1. The summed E-state index contributed by atoms with van der Waals surface area (Å²) in [4.78, 5) is 16.1. The minimum absolute atomic E-state index is 0.103. The Labute approximate surface area is 118 Å². The fourth-order valence-corrected chi connectivity index (χ4v) is 3.62. The van der Waals surface area contributed by atoms with E-state index in [-0.39, 0.29) is 22.8 Å². The molecule has 0 amide bonds. The van der Waals surface area contributed by atoms with Crippen LogP contribution in [0.4, 0.5) is 0 Å². The summed E-state index contributed by atoms with van der Waals surface area (Å²) in [5, 5.41) is 9.33. The Morgan fingerprint density at radius 1 is 1.40 bits per heavy atom. The topological polar surface area (TPSA) is 62.5 Å². The van der Waals surface area contributed by atoms with Crippen molar-refractivity contribution < 1.29 is 9.53 Å². The van der Waals surface area contributed by atoms with Gasteiger partial charge in [-0.25, -0.2) is 0 Å². The number of rotatable bonds is 4. The highest BCUT2D eigenvalue weighted by atomic mass is 16.5. The molecule has 0 aromatic heterocycles. The monoisotopic (exact) mass is 268 g/mol. The van der Waals surface area contributed by atoms with Crippen molar-refractivity contribution in [3.8, 4) is 6.07 Å². The zero-order valence-electron chi connectivity index (χ0n) is 11.4. The molecule has 3 fully saturated rings. The van der Waals surface area contributed by atoms with Crippen molar-refractivity contribution in [1.82, 2.24) is 0 Å². The van der Waals surface area contributed by atoms with Crippen LogP contribution in [0.15, 0.2) is 35.3 Å². The number of hydrogen-bond donors (Lipinski definition) is 0. The maximum Gasteiger partial charge on any atom is 0.311 e. The SMILES string of the molecule is COC(=O)C12CC([C@H](C#N)N=Cc3ccccc3)(C1)C2. The Hall–Kier alpha value is -2.15. The molecule has 3 aliphatic carbocycles. The van der Waals surface area contributed by atoms with Crippen LogP contribution in [0.1, 0.15) is 24.8 Å². The van der Waals surface area contributed by atoms with Crippen molar-refractivity contribution >= 4 is 12.2 Å². The number of nitrogens with zero attached hydrogens (tertiary/aromatic N) is 2. The Morgan fingerprint density at radius 2 is 2.05 bits per heavy atom. The Balaban J connectivity index is 1.68. The zero-order valence-corrected chi connectivity index (χ0v) is 11.4. The second-order valence-electron chi connectivity index (χ2n) is 5.89. The number of aliphatic imine (C=N–C) groups is 1. The van der Waals surface area contributed by atoms with Gasteiger partial charge in [0.05, 0.1) is 18.6 Å². The number of nitriles is 1. The molecule has 4 nitrogen and oxygen atoms in total. The first-order valence-corrected chi connectivity index (χ1v) is 6.70. The molecule has 0 heterocycles. The summed E-state index contributed by atoms with van der Waals surface area (Å²) >= 11 is 0. The Kier molecular flexibility index (Phi) is 2.86. The number of ether oxygens (including phenoxy) is 1. The third-order valence-electron chi connectivity index (χ3n) is 4.56. The van der Waals surface area contributed by atoms with E-state index in [4.69, 9.17) is 4.74 Å². The largest absolute Gasteiger partial charge is 0.469 e. The predicted octanol–water partition coefficient (Wildman–Crippen LogP) is 2.34. The van der Waals surface area contributed by atoms with Gasteiger partial charge in [-0.1, -0.05) is 30.3 Å². The lowest BCUT2D eigenvalue weighted by molar-refractivity contribution is -0.227. The fourth-order valence-electron chi connectivity index (χ4n) is 3.62. The predicted molar refractivity (Wildman–Crippen MR) is 74.2 cm³/mol. The van der Waals surface area contributed by atoms with Crippen LogP contribution in [0.3, 0.4) is 0 Å². The van der Waals surface area contributed by atoms with Gasteiger partial charge in [-0.3, -0.25) is 9.79 Å². The number of carbonyl (C=O) groups is 1. The van der Waals surface area contributed by atoms with Gasteiger partial charge in [-0.15, -0.1) is 0 Å². The molecule has 1 aromatic rings. The van der Waals surface area contributed by atoms with Gasteiger partial charge < -0.3 is 4.74 Å². The zero-order chi connectivity index (χ0) is 14.2. The van der Waals surface area contributed by atoms with Crippen LogP contribution in [-0.2, 0) is 9.53 Å². The quantitative estimate of drug-likeness (QED) is 0.622. The first-order chi connectivity index (χ1) is 9.64. The number of methoxy groups -OCH3 is 1. The standard InChI is InChI=1S/C16H16N2O2/c1-20-14(19)16-9-15(10-16,11-16)13(7-17)18-8-12-5-3-2-4-6-12/h2-6,8,13H,9-11H2,1H3/t13-,15?,16?/m0/s1. The molecule has 3 aliphatic rings. The van der Waals surface area contributed by atoms with Gasteiger partial charge in [0.15, 0.2) is 0 Å². The van der Waals surface area contributed by atoms with Gasteiger partial charge in [-0.05, 0) is 24.8 Å². The molecule has 2 bridgehead atoms. The van der Waals surface area contributed by atoms with Crippen molar-refractivity contribution in [2.75, 3.05) is 7.11 Å². The van der Waals surface area contributed by atoms with Gasteiger partial charge in [0.25, 0.3) is 0 Å². The highest BCUT2D eigenvalue weighted by Gasteiger charge is 2.75. The van der Waals surface area contributed by atoms with E-state index in [1.54, 1.807) is 6.21 Å². The van der Waals surface area contributed by atoms with E-state index in [2.05, 4.69) is 11.1 Å². The van der Waals surface area contributed by atoms with Gasteiger partial charge in [-0.2, -0.15) is 5.26 Å². The third-order valence-corrected chi connectivity index (χ3v) is 4.56. The van der Waals surface area contributed by atoms with E-state index in [1.165, 1.54) is 7.11 Å². The summed E-state index contributed by atoms with van der Waals surface area (Å²) in [7, 11) is 1.42. The molecule has 4 rings (SSSR count). The molecular weight excluding hydrogens is 252 g/mol. The fraction of sp³-hybridized carbons (Fsp3) is 0.438. The van der Waals surface area contributed by atoms with Crippen LogP contribution in [0.5, 0.6) is 0 Å². The van der Waals surface area contributed by atoms with Crippen molar-refractivity contribution in [3.05, 3.63) is 35.9 Å². The van der Waals surface area contributed by atoms with E-state index in [1.807, 2.05) is 30.3 Å². The van der Waals surface area contributed by atoms with Crippen LogP contribution in [0.25, 0.3) is 0 Å². The summed E-state index contributed by atoms with van der Waals surface area (Å²) in [6.07, 6.45) is 3.95. The molecule has 20 heavy (non-hydrogen) atoms. The van der Waals surface area contributed by atoms with Gasteiger partial charge >= 0.3 is 5.97 Å². The van der Waals surface area contributed by atoms with E-state index in [0.717, 1.165) is 24.8 Å². The van der Waals surface area contributed by atoms with E-state index < -0.39 is 0 Å². The summed E-state index contributed by atoms with van der Waals surface area (Å²) in [6.45, 7) is 0. The summed E-state index contributed by atoms with van der Waals surface area (Å²) in [5.74, 6) is -0.136. The molecule has 1 atom stereocenters. The minimum Gasteiger partial charge on any atom is -0.469 e. The molecule has 0 unspecified atom stereocenters. The molecular formula is C16H16N2O2. The summed E-state index contributed by atoms with van der Waals surface area (Å²) in [6, 6.07) is 11.6. The van der Waals surface area contributed by atoms with Crippen LogP contribution in [0, 0.1) is 22.2 Å². The molecule has 0 N–H and O–H groups in total. The van der Waals surface area contributed by atoms with Crippen LogP contribution in [-0.4, -0.2) is 25.3 Å². The van der Waals surface area contributed by atoms with E-state index in [0.29, 0.717) is 0 Å². The first kappa shape index (κ1) is 12.9. The number of benzene rings is 1. The average Bonchev–Trinajstić information content (AvgIpc) is 2.40. The van der Waals surface area contributed by atoms with Crippen LogP contribution >= 0.6 is 0 Å². The van der Waals surface area contributed by atoms with E-state index >= 15 is 0 Å². The Morgan fingerprint density at radius 3 is 2.60 bits per heavy atom. The number of carbonyl (C=O) groups excluding carboxylic acids is 1. The summed E-state index contributed by atoms with van der Waals surface area (Å²) in [5.41, 5.74) is 0.572. The van der Waals surface area contributed by atoms with E-state index in [9.17, 15) is 10.1 Å². The highest BCUT2D eigenvalue weighted by Crippen LogP contribution is 2.75. The molecule has 3 saturated carbocycles. The molecule has 4 heteroatoms. The van der Waals surface area contributed by atoms with Gasteiger partial charge in [0.1, 0.15) is 6.04 Å². The van der Waals surface area contributed by atoms with Crippen molar-refractivity contribution in [1.29, 1.82) is 5.26 Å². The summed E-state index contributed by atoms with van der Waals surface area (Å²) < 4.78 is 4.82. The minimum atomic E-state index is -0.366. The molecule has 0 saturated heterocycles. The normalized spacial score (nSPS) is 31.8. The third kappa shape index (κ3) is 1.74. The van der Waals surface area contributed by atoms with Crippen molar-refractivity contribution in [2.45, 2.75) is 25.3 Å². The number of hydrogen-bond acceptors (Lipinski definition) is 4. The lowest BCUT2D eigenvalue weighted by Crippen LogP contribution is -2.69. The lowest BCUT2D eigenvalue weighted by Gasteiger charge is -2.69. The Bertz CT molecular complexity index is 581. The highest BCUT2D eigenvalue weighted by molar-refractivity contribution is 5.82. The van der Waals surface area contributed by atoms with Crippen LogP contribution in [0.2, 0.25) is 0 Å². The molecule has 1 aromatic carbocycles. The van der Waals surface area contributed by atoms with Crippen LogP contribution < -0.4 is 0 Å². The van der Waals surface area contributed by atoms with Gasteiger partial charge in [0, 0.05) is 11.6 Å². The second-order valence-corrected chi connectivity index (χ2v) is 5.89. The lowest BCUT2D eigenvalue weighted by atomic mass is 9.33. The maximum absolute atomic E-state index is 11.6. The molecule has 0 aliphatic heterocycles. The van der Waals surface area contributed by atoms with Gasteiger partial charge in [0.2, 0.25) is 0 Å². The maximum atomic E-state index is 11.6. The first-order valence-electron chi connectivity index (χ1n) is 6.70. The second kappa shape index (κ2) is 4.45.